The van der Waals surface area contributed by atoms with E-state index in [1.165, 1.54) is 58.3 Å². The van der Waals surface area contributed by atoms with E-state index in [0.29, 0.717) is 5.54 Å². The molecule has 1 saturated carbocycles. The Morgan fingerprint density at radius 1 is 1.05 bits per heavy atom. The highest BCUT2D eigenvalue weighted by atomic mass is 15.3. The maximum absolute atomic E-state index is 3.95. The molecule has 0 amide bonds. The van der Waals surface area contributed by atoms with Gasteiger partial charge in [-0.05, 0) is 57.4 Å². The molecule has 3 nitrogen and oxygen atoms in total. The maximum Gasteiger partial charge on any atom is 0.0309 e. The van der Waals surface area contributed by atoms with E-state index in [9.17, 15) is 0 Å². The normalized spacial score (nSPS) is 45.4. The third kappa shape index (κ3) is 2.46. The molecule has 120 valence electrons. The molecule has 4 aliphatic rings. The van der Waals surface area contributed by atoms with Gasteiger partial charge in [-0.15, -0.1) is 0 Å². The molecule has 3 heterocycles. The molecule has 3 saturated heterocycles. The highest BCUT2D eigenvalue weighted by Gasteiger charge is 2.50. The third-order valence-corrected chi connectivity index (χ3v) is 6.90. The highest BCUT2D eigenvalue weighted by Crippen LogP contribution is 2.43. The summed E-state index contributed by atoms with van der Waals surface area (Å²) in [5.41, 5.74) is 0.386. The molecule has 0 aromatic carbocycles. The standard InChI is InChI=1S/C18H33N3/c1-13(2)17-11-19-18(3,14-6-7-14)12-21(17)16-8-10-20-9-4-5-15(16)20/h13-17,19H,4-12H2,1-3H3. The first kappa shape index (κ1) is 14.5. The van der Waals surface area contributed by atoms with Crippen molar-refractivity contribution in [1.82, 2.24) is 15.1 Å². The van der Waals surface area contributed by atoms with Gasteiger partial charge in [0.15, 0.2) is 0 Å². The molecule has 0 spiro atoms. The Morgan fingerprint density at radius 3 is 2.57 bits per heavy atom. The van der Waals surface area contributed by atoms with Gasteiger partial charge in [-0.2, -0.15) is 0 Å². The molecule has 4 rings (SSSR count). The minimum absolute atomic E-state index is 0.386. The minimum Gasteiger partial charge on any atom is -0.308 e. The first-order chi connectivity index (χ1) is 10.1. The molecule has 21 heavy (non-hydrogen) atoms. The van der Waals surface area contributed by atoms with Gasteiger partial charge in [0.25, 0.3) is 0 Å². The first-order valence-electron chi connectivity index (χ1n) is 9.33. The first-order valence-corrected chi connectivity index (χ1v) is 9.33. The van der Waals surface area contributed by atoms with Crippen molar-refractivity contribution in [2.45, 2.75) is 76.5 Å². The molecule has 0 aromatic rings. The number of rotatable bonds is 3. The van der Waals surface area contributed by atoms with Crippen molar-refractivity contribution >= 4 is 0 Å². The van der Waals surface area contributed by atoms with Gasteiger partial charge in [-0.3, -0.25) is 9.80 Å². The molecule has 0 aromatic heterocycles. The van der Waals surface area contributed by atoms with Crippen molar-refractivity contribution in [3.05, 3.63) is 0 Å². The van der Waals surface area contributed by atoms with E-state index in [1.54, 1.807) is 0 Å². The molecule has 4 unspecified atom stereocenters. The van der Waals surface area contributed by atoms with E-state index in [-0.39, 0.29) is 0 Å². The molecule has 0 bridgehead atoms. The number of fused-ring (bicyclic) bond motifs is 1. The lowest BCUT2D eigenvalue weighted by Gasteiger charge is -2.51. The second-order valence-corrected chi connectivity index (χ2v) is 8.66. The van der Waals surface area contributed by atoms with Crippen molar-refractivity contribution in [3.63, 3.8) is 0 Å². The summed E-state index contributed by atoms with van der Waals surface area (Å²) < 4.78 is 0. The Labute approximate surface area is 130 Å². The van der Waals surface area contributed by atoms with E-state index >= 15 is 0 Å². The molecule has 1 N–H and O–H groups in total. The molecule has 3 heteroatoms. The fourth-order valence-corrected chi connectivity index (χ4v) is 5.43. The van der Waals surface area contributed by atoms with E-state index in [1.807, 2.05) is 0 Å². The zero-order chi connectivity index (χ0) is 14.6. The Hall–Kier alpha value is -0.120. The average molecular weight is 291 g/mol. The van der Waals surface area contributed by atoms with E-state index in [2.05, 4.69) is 35.9 Å². The molecule has 0 radical (unpaired) electrons. The fraction of sp³-hybridized carbons (Fsp3) is 1.00. The number of hydrogen-bond donors (Lipinski definition) is 1. The van der Waals surface area contributed by atoms with Crippen LogP contribution in [-0.2, 0) is 0 Å². The Balaban J connectivity index is 1.55. The fourth-order valence-electron chi connectivity index (χ4n) is 5.43. The van der Waals surface area contributed by atoms with Crippen LogP contribution in [0.3, 0.4) is 0 Å². The van der Waals surface area contributed by atoms with Gasteiger partial charge >= 0.3 is 0 Å². The number of piperazine rings is 1. The lowest BCUT2D eigenvalue weighted by molar-refractivity contribution is 0.00958. The predicted octanol–water partition coefficient (Wildman–Crippen LogP) is 2.32. The summed E-state index contributed by atoms with van der Waals surface area (Å²) >= 11 is 0. The lowest BCUT2D eigenvalue weighted by Crippen LogP contribution is -2.68. The maximum atomic E-state index is 3.95. The molecule has 4 atom stereocenters. The van der Waals surface area contributed by atoms with Crippen LogP contribution in [0.2, 0.25) is 0 Å². The zero-order valence-electron chi connectivity index (χ0n) is 14.1. The van der Waals surface area contributed by atoms with Crippen LogP contribution in [0, 0.1) is 11.8 Å². The van der Waals surface area contributed by atoms with Crippen LogP contribution in [0.15, 0.2) is 0 Å². The van der Waals surface area contributed by atoms with Gasteiger partial charge in [0.05, 0.1) is 0 Å². The van der Waals surface area contributed by atoms with Crippen molar-refractivity contribution < 1.29 is 0 Å². The van der Waals surface area contributed by atoms with Crippen LogP contribution in [0.5, 0.6) is 0 Å². The summed E-state index contributed by atoms with van der Waals surface area (Å²) in [5, 5.41) is 3.95. The quantitative estimate of drug-likeness (QED) is 0.861. The van der Waals surface area contributed by atoms with Crippen LogP contribution in [-0.4, -0.2) is 59.6 Å². The summed E-state index contributed by atoms with van der Waals surface area (Å²) in [5.74, 6) is 1.70. The van der Waals surface area contributed by atoms with Crippen molar-refractivity contribution in [2.24, 2.45) is 11.8 Å². The Morgan fingerprint density at radius 2 is 1.86 bits per heavy atom. The molecule has 4 fully saturated rings. The summed E-state index contributed by atoms with van der Waals surface area (Å²) in [6.07, 6.45) is 7.18. The van der Waals surface area contributed by atoms with Crippen molar-refractivity contribution in [3.8, 4) is 0 Å². The minimum atomic E-state index is 0.386. The molecular formula is C18H33N3. The highest BCUT2D eigenvalue weighted by molar-refractivity contribution is 5.08. The van der Waals surface area contributed by atoms with E-state index < -0.39 is 0 Å². The topological polar surface area (TPSA) is 18.5 Å². The van der Waals surface area contributed by atoms with Crippen LogP contribution in [0.25, 0.3) is 0 Å². The van der Waals surface area contributed by atoms with Crippen LogP contribution >= 0.6 is 0 Å². The van der Waals surface area contributed by atoms with Crippen molar-refractivity contribution in [2.75, 3.05) is 26.2 Å². The van der Waals surface area contributed by atoms with Gasteiger partial charge in [0.2, 0.25) is 0 Å². The van der Waals surface area contributed by atoms with Gasteiger partial charge < -0.3 is 5.32 Å². The Kier molecular flexibility index (Phi) is 3.59. The summed E-state index contributed by atoms with van der Waals surface area (Å²) in [7, 11) is 0. The number of nitrogens with one attached hydrogen (secondary N) is 1. The largest absolute Gasteiger partial charge is 0.308 e. The number of hydrogen-bond acceptors (Lipinski definition) is 3. The molecule has 3 aliphatic heterocycles. The second kappa shape index (κ2) is 5.21. The molecular weight excluding hydrogens is 258 g/mol. The third-order valence-electron chi connectivity index (χ3n) is 6.90. The Bertz CT molecular complexity index is 392. The second-order valence-electron chi connectivity index (χ2n) is 8.66. The van der Waals surface area contributed by atoms with Crippen LogP contribution in [0.1, 0.15) is 52.9 Å². The van der Waals surface area contributed by atoms with Gasteiger partial charge in [0, 0.05) is 43.3 Å². The summed E-state index contributed by atoms with van der Waals surface area (Å²) in [4.78, 5) is 5.73. The van der Waals surface area contributed by atoms with E-state index in [4.69, 9.17) is 0 Å². The van der Waals surface area contributed by atoms with Crippen LogP contribution in [0.4, 0.5) is 0 Å². The van der Waals surface area contributed by atoms with Gasteiger partial charge in [-0.25, -0.2) is 0 Å². The smallest absolute Gasteiger partial charge is 0.0309 e. The van der Waals surface area contributed by atoms with Crippen LogP contribution < -0.4 is 5.32 Å². The summed E-state index contributed by atoms with van der Waals surface area (Å²) in [6.45, 7) is 12.5. The van der Waals surface area contributed by atoms with Gasteiger partial charge in [-0.1, -0.05) is 13.8 Å². The average Bonchev–Trinajstić information content (AvgIpc) is 3.08. The summed E-state index contributed by atoms with van der Waals surface area (Å²) in [6, 6.07) is 2.44. The zero-order valence-corrected chi connectivity index (χ0v) is 14.1. The van der Waals surface area contributed by atoms with Crippen molar-refractivity contribution in [1.29, 1.82) is 0 Å². The number of nitrogens with zero attached hydrogens (tertiary/aromatic N) is 2. The molecule has 1 aliphatic carbocycles. The predicted molar refractivity (Wildman–Crippen MR) is 87.5 cm³/mol. The monoisotopic (exact) mass is 291 g/mol. The van der Waals surface area contributed by atoms with Gasteiger partial charge in [0.1, 0.15) is 0 Å². The lowest BCUT2D eigenvalue weighted by atomic mass is 9.86. The SMILES string of the molecule is CC(C)C1CNC(C)(C2CC2)CN1C1CCN2CCCC12. The van der Waals surface area contributed by atoms with E-state index in [0.717, 1.165) is 30.0 Å².